The van der Waals surface area contributed by atoms with Gasteiger partial charge in [-0.3, -0.25) is 0 Å². The quantitative estimate of drug-likeness (QED) is 0.886. The Morgan fingerprint density at radius 1 is 1.39 bits per heavy atom. The fourth-order valence-corrected chi connectivity index (χ4v) is 1.79. The zero-order valence-electron chi connectivity index (χ0n) is 11.0. The number of rotatable bonds is 3. The number of aromatic nitrogens is 2. The third-order valence-electron chi connectivity index (χ3n) is 2.63. The lowest BCUT2D eigenvalue weighted by atomic mass is 10.2. The number of nitrogens with zero attached hydrogens (tertiary/aromatic N) is 3. The van der Waals surface area contributed by atoms with Crippen LogP contribution in [0.15, 0.2) is 24.4 Å². The lowest BCUT2D eigenvalue weighted by Gasteiger charge is -2.11. The lowest BCUT2D eigenvalue weighted by molar-refractivity contribution is -0.141. The number of benzene rings is 1. The van der Waals surface area contributed by atoms with Crippen LogP contribution in [0.2, 0.25) is 5.02 Å². The Labute approximate surface area is 132 Å². The summed E-state index contributed by atoms with van der Waals surface area (Å²) in [5.41, 5.74) is -2.30. The van der Waals surface area contributed by atoms with Crippen LogP contribution >= 0.6 is 11.6 Å². The Kier molecular flexibility index (Phi) is 4.38. The SMILES string of the molecule is N#Cc1cc(Nc2ncc(C(=O)O)c(C(F)(F)F)n2)ccc1Cl. The van der Waals surface area contributed by atoms with Gasteiger partial charge in [0.05, 0.1) is 10.6 Å². The van der Waals surface area contributed by atoms with E-state index in [9.17, 15) is 18.0 Å². The van der Waals surface area contributed by atoms with Crippen LogP contribution in [0.4, 0.5) is 24.8 Å². The summed E-state index contributed by atoms with van der Waals surface area (Å²) < 4.78 is 38.6. The van der Waals surface area contributed by atoms with Crippen molar-refractivity contribution in [3.8, 4) is 6.07 Å². The number of aromatic carboxylic acids is 1. The minimum absolute atomic E-state index is 0.106. The number of halogens is 4. The summed E-state index contributed by atoms with van der Waals surface area (Å²) in [7, 11) is 0. The topological polar surface area (TPSA) is 98.9 Å². The average Bonchev–Trinajstić information content (AvgIpc) is 2.48. The van der Waals surface area contributed by atoms with Gasteiger partial charge in [-0.1, -0.05) is 11.6 Å². The molecule has 2 aromatic rings. The van der Waals surface area contributed by atoms with Crippen molar-refractivity contribution in [3.05, 3.63) is 46.2 Å². The van der Waals surface area contributed by atoms with Crippen LogP contribution in [-0.4, -0.2) is 21.0 Å². The maximum Gasteiger partial charge on any atom is 0.434 e. The highest BCUT2D eigenvalue weighted by atomic mass is 35.5. The second-order valence-electron chi connectivity index (χ2n) is 4.19. The van der Waals surface area contributed by atoms with Crippen molar-refractivity contribution in [2.45, 2.75) is 6.18 Å². The van der Waals surface area contributed by atoms with Gasteiger partial charge in [0.2, 0.25) is 5.95 Å². The molecule has 10 heteroatoms. The molecule has 0 unspecified atom stereocenters. The number of nitriles is 1. The normalized spacial score (nSPS) is 10.9. The Balaban J connectivity index is 2.42. The molecule has 0 aliphatic rings. The predicted molar refractivity (Wildman–Crippen MR) is 73.4 cm³/mol. The van der Waals surface area contributed by atoms with Gasteiger partial charge in [0, 0.05) is 11.9 Å². The van der Waals surface area contributed by atoms with Gasteiger partial charge in [0.15, 0.2) is 5.69 Å². The van der Waals surface area contributed by atoms with E-state index in [0.717, 1.165) is 0 Å². The molecule has 0 radical (unpaired) electrons. The molecule has 118 valence electrons. The summed E-state index contributed by atoms with van der Waals surface area (Å²) in [4.78, 5) is 17.5. The van der Waals surface area contributed by atoms with Gasteiger partial charge in [-0.15, -0.1) is 0 Å². The molecule has 0 saturated carbocycles. The van der Waals surface area contributed by atoms with Crippen LogP contribution in [0.5, 0.6) is 0 Å². The van der Waals surface area contributed by atoms with E-state index in [4.69, 9.17) is 22.0 Å². The van der Waals surface area contributed by atoms with Gasteiger partial charge < -0.3 is 10.4 Å². The minimum atomic E-state index is -4.95. The van der Waals surface area contributed by atoms with E-state index >= 15 is 0 Å². The molecule has 0 bridgehead atoms. The average molecular weight is 343 g/mol. The first-order valence-corrected chi connectivity index (χ1v) is 6.24. The van der Waals surface area contributed by atoms with Crippen LogP contribution in [0.25, 0.3) is 0 Å². The van der Waals surface area contributed by atoms with Gasteiger partial charge in [-0.2, -0.15) is 18.4 Å². The fourth-order valence-electron chi connectivity index (χ4n) is 1.63. The monoisotopic (exact) mass is 342 g/mol. The van der Waals surface area contributed by atoms with E-state index in [1.807, 2.05) is 6.07 Å². The van der Waals surface area contributed by atoms with E-state index in [0.29, 0.717) is 6.20 Å². The highest BCUT2D eigenvalue weighted by molar-refractivity contribution is 6.31. The number of hydrogen-bond donors (Lipinski definition) is 2. The van der Waals surface area contributed by atoms with Gasteiger partial charge in [-0.05, 0) is 18.2 Å². The number of nitrogens with one attached hydrogen (secondary N) is 1. The summed E-state index contributed by atoms with van der Waals surface area (Å²) >= 11 is 5.74. The third kappa shape index (κ3) is 3.67. The second kappa shape index (κ2) is 6.10. The van der Waals surface area contributed by atoms with Gasteiger partial charge in [0.1, 0.15) is 11.6 Å². The first-order chi connectivity index (χ1) is 10.7. The Hall–Kier alpha value is -2.86. The van der Waals surface area contributed by atoms with E-state index in [2.05, 4.69) is 15.3 Å². The maximum absolute atomic E-state index is 12.9. The first-order valence-electron chi connectivity index (χ1n) is 5.86. The standard InChI is InChI=1S/C13H6ClF3N4O2/c14-9-2-1-7(3-6(9)4-18)20-12-19-5-8(11(22)23)10(21-12)13(15,16)17/h1-3,5H,(H,22,23)(H,19,20,21). The molecular weight excluding hydrogens is 337 g/mol. The molecule has 0 aliphatic heterocycles. The number of carboxylic acid groups (broad SMARTS) is 1. The molecular formula is C13H6ClF3N4O2. The molecule has 0 spiro atoms. The molecule has 23 heavy (non-hydrogen) atoms. The fraction of sp³-hybridized carbons (Fsp3) is 0.0769. The van der Waals surface area contributed by atoms with E-state index in [-0.39, 0.29) is 16.3 Å². The van der Waals surface area contributed by atoms with E-state index in [1.54, 1.807) is 0 Å². The molecule has 0 fully saturated rings. The molecule has 1 aromatic heterocycles. The lowest BCUT2D eigenvalue weighted by Crippen LogP contribution is -2.17. The summed E-state index contributed by atoms with van der Waals surface area (Å²) in [6.45, 7) is 0. The van der Waals surface area contributed by atoms with Gasteiger partial charge in [-0.25, -0.2) is 14.8 Å². The number of hydrogen-bond acceptors (Lipinski definition) is 5. The Morgan fingerprint density at radius 3 is 2.65 bits per heavy atom. The van der Waals surface area contributed by atoms with Crippen LogP contribution in [0.3, 0.4) is 0 Å². The van der Waals surface area contributed by atoms with Crippen molar-refractivity contribution in [1.29, 1.82) is 5.26 Å². The van der Waals surface area contributed by atoms with Crippen molar-refractivity contribution >= 4 is 29.2 Å². The van der Waals surface area contributed by atoms with Crippen molar-refractivity contribution in [1.82, 2.24) is 9.97 Å². The molecule has 0 aliphatic carbocycles. The second-order valence-corrected chi connectivity index (χ2v) is 4.60. The summed E-state index contributed by atoms with van der Waals surface area (Å²) in [6.07, 6.45) is -4.40. The van der Waals surface area contributed by atoms with Crippen molar-refractivity contribution in [2.75, 3.05) is 5.32 Å². The van der Waals surface area contributed by atoms with E-state index in [1.165, 1.54) is 18.2 Å². The molecule has 0 atom stereocenters. The van der Waals surface area contributed by atoms with Gasteiger partial charge in [0.25, 0.3) is 0 Å². The molecule has 0 saturated heterocycles. The summed E-state index contributed by atoms with van der Waals surface area (Å²) in [5, 5.41) is 20.2. The summed E-state index contributed by atoms with van der Waals surface area (Å²) in [6, 6.07) is 5.89. The Bertz CT molecular complexity index is 818. The van der Waals surface area contributed by atoms with Crippen molar-refractivity contribution in [3.63, 3.8) is 0 Å². The molecule has 6 nitrogen and oxygen atoms in total. The highest BCUT2D eigenvalue weighted by Gasteiger charge is 2.38. The van der Waals surface area contributed by atoms with Crippen molar-refractivity contribution < 1.29 is 23.1 Å². The van der Waals surface area contributed by atoms with E-state index < -0.39 is 29.4 Å². The largest absolute Gasteiger partial charge is 0.478 e. The third-order valence-corrected chi connectivity index (χ3v) is 2.96. The van der Waals surface area contributed by atoms with Crippen molar-refractivity contribution in [2.24, 2.45) is 0 Å². The smallest absolute Gasteiger partial charge is 0.434 e. The molecule has 2 N–H and O–H groups in total. The Morgan fingerprint density at radius 2 is 2.09 bits per heavy atom. The number of alkyl halides is 3. The minimum Gasteiger partial charge on any atom is -0.478 e. The molecule has 0 amide bonds. The zero-order valence-corrected chi connectivity index (χ0v) is 11.8. The van der Waals surface area contributed by atoms with Crippen LogP contribution < -0.4 is 5.32 Å². The zero-order chi connectivity index (χ0) is 17.2. The molecule has 1 heterocycles. The molecule has 1 aromatic carbocycles. The number of carboxylic acids is 1. The van der Waals surface area contributed by atoms with Crippen LogP contribution in [0.1, 0.15) is 21.6 Å². The number of anilines is 2. The van der Waals surface area contributed by atoms with Gasteiger partial charge >= 0.3 is 12.1 Å². The first kappa shape index (κ1) is 16.5. The van der Waals surface area contributed by atoms with Crippen LogP contribution in [0, 0.1) is 11.3 Å². The molecule has 2 rings (SSSR count). The maximum atomic E-state index is 12.9. The number of carbonyl (C=O) groups is 1. The summed E-state index contributed by atoms with van der Waals surface area (Å²) in [5.74, 6) is -2.25. The highest BCUT2D eigenvalue weighted by Crippen LogP contribution is 2.31. The predicted octanol–water partition coefficient (Wildman–Crippen LogP) is 3.46. The van der Waals surface area contributed by atoms with Crippen LogP contribution in [-0.2, 0) is 6.18 Å².